The normalized spacial score (nSPS) is 24.2. The molecule has 0 saturated carbocycles. The minimum absolute atomic E-state index is 0.407. The zero-order valence-electron chi connectivity index (χ0n) is 16.9. The van der Waals surface area contributed by atoms with E-state index in [1.807, 2.05) is 0 Å². The topological polar surface area (TPSA) is 48.9 Å². The van der Waals surface area contributed by atoms with E-state index < -0.39 is 0 Å². The molecule has 3 rings (SSSR count). The van der Waals surface area contributed by atoms with Crippen LogP contribution in [0, 0.1) is 5.92 Å². The number of nitrogens with zero attached hydrogens (tertiary/aromatic N) is 2. The Morgan fingerprint density at radius 3 is 2.63 bits per heavy atom. The van der Waals surface area contributed by atoms with Gasteiger partial charge in [-0.05, 0) is 69.8 Å². The highest BCUT2D eigenvalue weighted by atomic mass is 16.5. The number of benzene rings is 1. The fraction of sp³-hybridized carbons (Fsp3) is 0.591. The first-order valence-corrected chi connectivity index (χ1v) is 10.2. The van der Waals surface area contributed by atoms with Gasteiger partial charge in [-0.2, -0.15) is 0 Å². The van der Waals surface area contributed by atoms with Crippen molar-refractivity contribution in [3.8, 4) is 5.75 Å². The van der Waals surface area contributed by atoms with Gasteiger partial charge in [-0.25, -0.2) is 0 Å². The van der Waals surface area contributed by atoms with Crippen molar-refractivity contribution in [2.45, 2.75) is 44.7 Å². The molecule has 1 fully saturated rings. The van der Waals surface area contributed by atoms with Crippen molar-refractivity contribution in [3.63, 3.8) is 0 Å². The van der Waals surface area contributed by atoms with Gasteiger partial charge in [-0.3, -0.25) is 9.89 Å². The largest absolute Gasteiger partial charge is 0.497 e. The van der Waals surface area contributed by atoms with E-state index in [2.05, 4.69) is 65.9 Å². The van der Waals surface area contributed by atoms with Gasteiger partial charge in [0.25, 0.3) is 0 Å². The van der Waals surface area contributed by atoms with Gasteiger partial charge in [0.1, 0.15) is 5.75 Å². The lowest BCUT2D eigenvalue weighted by molar-refractivity contribution is 0.125. The number of rotatable bonds is 6. The van der Waals surface area contributed by atoms with Crippen LogP contribution in [0.4, 0.5) is 0 Å². The van der Waals surface area contributed by atoms with Crippen molar-refractivity contribution in [1.29, 1.82) is 0 Å². The second-order valence-corrected chi connectivity index (χ2v) is 7.60. The van der Waals surface area contributed by atoms with Gasteiger partial charge in [-0.1, -0.05) is 24.3 Å². The Morgan fingerprint density at radius 1 is 1.22 bits per heavy atom. The molecule has 0 spiro atoms. The van der Waals surface area contributed by atoms with Crippen molar-refractivity contribution in [2.75, 3.05) is 33.8 Å². The lowest BCUT2D eigenvalue weighted by Crippen LogP contribution is -2.43. The molecule has 148 valence electrons. The van der Waals surface area contributed by atoms with Gasteiger partial charge < -0.3 is 15.4 Å². The molecule has 5 nitrogen and oxygen atoms in total. The molecule has 2 unspecified atom stereocenters. The van der Waals surface area contributed by atoms with Gasteiger partial charge in [0.2, 0.25) is 0 Å². The zero-order chi connectivity index (χ0) is 19.1. The third-order valence-corrected chi connectivity index (χ3v) is 5.64. The molecule has 1 aliphatic heterocycles. The average Bonchev–Trinajstić information content (AvgIpc) is 3.19. The standard InChI is InChI=1S/C22H34N4O/c1-4-23-22(25-19-9-5-6-10-19)24-16-18-8-7-15-26(2)21(18)17-11-13-20(27-3)14-12-17/h5-6,11-14,18-19,21H,4,7-10,15-16H2,1-3H3,(H2,23,24,25). The van der Waals surface area contributed by atoms with Crippen LogP contribution in [-0.4, -0.2) is 50.7 Å². The molecule has 2 atom stereocenters. The highest BCUT2D eigenvalue weighted by molar-refractivity contribution is 5.80. The van der Waals surface area contributed by atoms with Crippen LogP contribution >= 0.6 is 0 Å². The van der Waals surface area contributed by atoms with E-state index in [4.69, 9.17) is 9.73 Å². The summed E-state index contributed by atoms with van der Waals surface area (Å²) in [6.07, 6.45) is 9.12. The van der Waals surface area contributed by atoms with E-state index in [1.165, 1.54) is 18.4 Å². The Kier molecular flexibility index (Phi) is 7.16. The van der Waals surface area contributed by atoms with E-state index in [1.54, 1.807) is 7.11 Å². The number of likely N-dealkylation sites (tertiary alicyclic amines) is 1. The predicted molar refractivity (Wildman–Crippen MR) is 112 cm³/mol. The molecule has 0 bridgehead atoms. The highest BCUT2D eigenvalue weighted by Gasteiger charge is 2.30. The van der Waals surface area contributed by atoms with E-state index in [0.717, 1.165) is 44.2 Å². The number of guanidine groups is 1. The SMILES string of the molecule is CCNC(=NCC1CCCN(C)C1c1ccc(OC)cc1)NC1CC=CC1. The van der Waals surface area contributed by atoms with Crippen molar-refractivity contribution in [2.24, 2.45) is 10.9 Å². The van der Waals surface area contributed by atoms with Crippen LogP contribution in [0.2, 0.25) is 0 Å². The fourth-order valence-corrected chi connectivity index (χ4v) is 4.24. The number of ether oxygens (including phenoxy) is 1. The summed E-state index contributed by atoms with van der Waals surface area (Å²) in [6.45, 7) is 5.00. The second-order valence-electron chi connectivity index (χ2n) is 7.60. The monoisotopic (exact) mass is 370 g/mol. The molecule has 5 heteroatoms. The number of aliphatic imine (C=N–C) groups is 1. The van der Waals surface area contributed by atoms with E-state index >= 15 is 0 Å². The molecule has 0 radical (unpaired) electrons. The van der Waals surface area contributed by atoms with Crippen molar-refractivity contribution >= 4 is 5.96 Å². The molecule has 27 heavy (non-hydrogen) atoms. The molecule has 0 aromatic heterocycles. The molecule has 2 aliphatic rings. The van der Waals surface area contributed by atoms with Crippen molar-refractivity contribution in [1.82, 2.24) is 15.5 Å². The Morgan fingerprint density at radius 2 is 1.96 bits per heavy atom. The Bertz CT molecular complexity index is 632. The van der Waals surface area contributed by atoms with Crippen LogP contribution in [0.1, 0.15) is 44.2 Å². The van der Waals surface area contributed by atoms with Crippen LogP contribution in [-0.2, 0) is 0 Å². The number of nitrogens with one attached hydrogen (secondary N) is 2. The average molecular weight is 371 g/mol. The Balaban J connectivity index is 1.70. The number of piperidine rings is 1. The van der Waals surface area contributed by atoms with Crippen molar-refractivity contribution < 1.29 is 4.74 Å². The lowest BCUT2D eigenvalue weighted by atomic mass is 9.85. The maximum atomic E-state index is 5.32. The van der Waals surface area contributed by atoms with Gasteiger partial charge in [0.05, 0.1) is 7.11 Å². The van der Waals surface area contributed by atoms with E-state index in [-0.39, 0.29) is 0 Å². The summed E-state index contributed by atoms with van der Waals surface area (Å²) in [4.78, 5) is 7.44. The molecule has 1 aromatic carbocycles. The smallest absolute Gasteiger partial charge is 0.191 e. The van der Waals surface area contributed by atoms with Gasteiger partial charge in [0, 0.05) is 25.2 Å². The first kappa shape index (κ1) is 19.7. The van der Waals surface area contributed by atoms with Crippen molar-refractivity contribution in [3.05, 3.63) is 42.0 Å². The molecule has 1 aromatic rings. The summed E-state index contributed by atoms with van der Waals surface area (Å²) < 4.78 is 5.32. The summed E-state index contributed by atoms with van der Waals surface area (Å²) in [7, 11) is 3.95. The number of methoxy groups -OCH3 is 1. The van der Waals surface area contributed by atoms with E-state index in [9.17, 15) is 0 Å². The first-order chi connectivity index (χ1) is 13.2. The summed E-state index contributed by atoms with van der Waals surface area (Å²) in [5.41, 5.74) is 1.36. The maximum Gasteiger partial charge on any atom is 0.191 e. The van der Waals surface area contributed by atoms with Crippen LogP contribution in [0.25, 0.3) is 0 Å². The zero-order valence-corrected chi connectivity index (χ0v) is 16.9. The van der Waals surface area contributed by atoms with Gasteiger partial charge in [-0.15, -0.1) is 0 Å². The number of hydrogen-bond donors (Lipinski definition) is 2. The molecular weight excluding hydrogens is 336 g/mol. The van der Waals surface area contributed by atoms with Gasteiger partial charge >= 0.3 is 0 Å². The Labute approximate surface area is 163 Å². The second kappa shape index (κ2) is 9.79. The third kappa shape index (κ3) is 5.25. The first-order valence-electron chi connectivity index (χ1n) is 10.2. The van der Waals surface area contributed by atoms with Crippen LogP contribution in [0.5, 0.6) is 5.75 Å². The molecule has 1 aliphatic carbocycles. The minimum atomic E-state index is 0.407. The van der Waals surface area contributed by atoms with Crippen LogP contribution < -0.4 is 15.4 Å². The molecule has 0 amide bonds. The maximum absolute atomic E-state index is 5.32. The van der Waals surface area contributed by atoms with Crippen LogP contribution in [0.15, 0.2) is 41.4 Å². The Hall–Kier alpha value is -2.01. The summed E-state index contributed by atoms with van der Waals surface area (Å²) in [5, 5.41) is 6.99. The third-order valence-electron chi connectivity index (χ3n) is 5.64. The fourth-order valence-electron chi connectivity index (χ4n) is 4.24. The minimum Gasteiger partial charge on any atom is -0.497 e. The molecule has 1 saturated heterocycles. The van der Waals surface area contributed by atoms with Crippen LogP contribution in [0.3, 0.4) is 0 Å². The quantitative estimate of drug-likeness (QED) is 0.458. The predicted octanol–water partition coefficient (Wildman–Crippen LogP) is 3.35. The molecule has 2 N–H and O–H groups in total. The highest BCUT2D eigenvalue weighted by Crippen LogP contribution is 2.35. The lowest BCUT2D eigenvalue weighted by Gasteiger charge is -2.39. The number of hydrogen-bond acceptors (Lipinski definition) is 3. The van der Waals surface area contributed by atoms with E-state index in [0.29, 0.717) is 18.0 Å². The van der Waals surface area contributed by atoms with Gasteiger partial charge in [0.15, 0.2) is 5.96 Å². The summed E-state index contributed by atoms with van der Waals surface area (Å²) in [5.74, 6) is 2.39. The summed E-state index contributed by atoms with van der Waals surface area (Å²) >= 11 is 0. The molecular formula is C22H34N4O. The summed E-state index contributed by atoms with van der Waals surface area (Å²) in [6, 6.07) is 9.43. The molecule has 1 heterocycles.